The number of rotatable bonds is 2. The van der Waals surface area contributed by atoms with Gasteiger partial charge in [-0.2, -0.15) is 10.1 Å². The molecule has 158 valence electrons. The third-order valence-electron chi connectivity index (χ3n) is 5.19. The van der Waals surface area contributed by atoms with Crippen LogP contribution in [0.1, 0.15) is 65.2 Å². The summed E-state index contributed by atoms with van der Waals surface area (Å²) >= 11 is 5.96. The van der Waals surface area contributed by atoms with E-state index in [1.807, 2.05) is 25.1 Å². The number of benzene rings is 2. The van der Waals surface area contributed by atoms with Crippen LogP contribution in [0.4, 0.5) is 5.69 Å². The largest absolute Gasteiger partial charge is 0.507 e. The van der Waals surface area contributed by atoms with Crippen LogP contribution in [0.2, 0.25) is 5.02 Å². The summed E-state index contributed by atoms with van der Waals surface area (Å²) in [4.78, 5) is 13.1. The number of halogens is 1. The minimum absolute atomic E-state index is 0.183. The quantitative estimate of drug-likeness (QED) is 0.563. The van der Waals surface area contributed by atoms with E-state index in [9.17, 15) is 9.90 Å². The van der Waals surface area contributed by atoms with Gasteiger partial charge >= 0.3 is 0 Å². The van der Waals surface area contributed by atoms with Crippen molar-refractivity contribution in [2.24, 2.45) is 5.10 Å². The summed E-state index contributed by atoms with van der Waals surface area (Å²) in [6, 6.07) is 10.9. The minimum Gasteiger partial charge on any atom is -0.507 e. The number of hydrazone groups is 1. The number of anilines is 1. The van der Waals surface area contributed by atoms with Crippen LogP contribution in [0.25, 0.3) is 6.08 Å². The molecule has 30 heavy (non-hydrogen) atoms. The number of nitrogens with zero attached hydrogens (tertiary/aromatic N) is 2. The molecule has 1 heterocycles. The predicted molar refractivity (Wildman–Crippen MR) is 126 cm³/mol. The van der Waals surface area contributed by atoms with Crippen LogP contribution in [-0.4, -0.2) is 16.7 Å². The fourth-order valence-corrected chi connectivity index (χ4v) is 3.62. The molecule has 0 aliphatic carbocycles. The van der Waals surface area contributed by atoms with Gasteiger partial charge in [0, 0.05) is 16.1 Å². The molecule has 0 saturated heterocycles. The first-order valence-corrected chi connectivity index (χ1v) is 10.4. The SMILES string of the molecule is CC1=NN(c2ccc(Cl)cc2)C(=O)/C1=C/c1cc(C(C)(C)C)c(O)c(C(C)(C)C)c1. The molecular weight excluding hydrogens is 396 g/mol. The molecule has 1 N–H and O–H groups in total. The van der Waals surface area contributed by atoms with Gasteiger partial charge < -0.3 is 5.11 Å². The number of hydrogen-bond acceptors (Lipinski definition) is 3. The van der Waals surface area contributed by atoms with E-state index in [0.717, 1.165) is 16.7 Å². The van der Waals surface area contributed by atoms with Crippen LogP contribution in [-0.2, 0) is 15.6 Å². The van der Waals surface area contributed by atoms with Gasteiger partial charge in [0.25, 0.3) is 5.91 Å². The van der Waals surface area contributed by atoms with Crippen LogP contribution in [0.15, 0.2) is 47.1 Å². The Morgan fingerprint density at radius 3 is 1.93 bits per heavy atom. The second-order valence-corrected chi connectivity index (χ2v) is 10.2. The first-order chi connectivity index (χ1) is 13.8. The smallest absolute Gasteiger partial charge is 0.280 e. The second kappa shape index (κ2) is 7.59. The van der Waals surface area contributed by atoms with E-state index in [1.54, 1.807) is 24.3 Å². The highest BCUT2D eigenvalue weighted by Crippen LogP contribution is 2.40. The van der Waals surface area contributed by atoms with Crippen molar-refractivity contribution in [3.8, 4) is 5.75 Å². The molecule has 2 aromatic carbocycles. The van der Waals surface area contributed by atoms with Crippen LogP contribution in [0, 0.1) is 0 Å². The fraction of sp³-hybridized carbons (Fsp3) is 0.360. The highest BCUT2D eigenvalue weighted by atomic mass is 35.5. The fourth-order valence-electron chi connectivity index (χ4n) is 3.49. The summed E-state index contributed by atoms with van der Waals surface area (Å²) in [5.41, 5.74) is 3.97. The maximum atomic E-state index is 13.1. The number of phenolic OH excluding ortho intramolecular Hbond substituents is 1. The second-order valence-electron chi connectivity index (χ2n) is 9.80. The number of phenols is 1. The van der Waals surface area contributed by atoms with Crippen molar-refractivity contribution in [3.63, 3.8) is 0 Å². The highest BCUT2D eigenvalue weighted by Gasteiger charge is 2.30. The van der Waals surface area contributed by atoms with Crippen LogP contribution >= 0.6 is 11.6 Å². The van der Waals surface area contributed by atoms with E-state index in [-0.39, 0.29) is 16.7 Å². The number of amides is 1. The van der Waals surface area contributed by atoms with Gasteiger partial charge in [0.1, 0.15) is 5.75 Å². The Labute approximate surface area is 183 Å². The lowest BCUT2D eigenvalue weighted by atomic mass is 9.78. The van der Waals surface area contributed by atoms with E-state index < -0.39 is 0 Å². The summed E-state index contributed by atoms with van der Waals surface area (Å²) < 4.78 is 0. The Bertz CT molecular complexity index is 1020. The summed E-state index contributed by atoms with van der Waals surface area (Å²) in [5.74, 6) is 0.139. The summed E-state index contributed by atoms with van der Waals surface area (Å²) in [5, 5.41) is 17.4. The lowest BCUT2D eigenvalue weighted by molar-refractivity contribution is -0.114. The Morgan fingerprint density at radius 2 is 1.47 bits per heavy atom. The van der Waals surface area contributed by atoms with E-state index >= 15 is 0 Å². The third kappa shape index (κ3) is 4.29. The zero-order valence-corrected chi connectivity index (χ0v) is 19.4. The molecule has 0 radical (unpaired) electrons. The lowest BCUT2D eigenvalue weighted by Crippen LogP contribution is -2.21. The Kier molecular flexibility index (Phi) is 5.59. The van der Waals surface area contributed by atoms with Crippen LogP contribution in [0.3, 0.4) is 0 Å². The molecule has 0 saturated carbocycles. The molecule has 3 rings (SSSR count). The van der Waals surface area contributed by atoms with Gasteiger partial charge in [-0.1, -0.05) is 53.1 Å². The minimum atomic E-state index is -0.239. The standard InChI is InChI=1S/C25H29ClN2O2/c1-15-19(23(30)28(27-15)18-10-8-17(26)9-11-18)12-16-13-20(24(2,3)4)22(29)21(14-16)25(5,6)7/h8-14,29H,1-7H3/b19-12+. The van der Waals surface area contributed by atoms with E-state index in [4.69, 9.17) is 11.6 Å². The molecular formula is C25H29ClN2O2. The third-order valence-corrected chi connectivity index (χ3v) is 5.45. The summed E-state index contributed by atoms with van der Waals surface area (Å²) in [6.45, 7) is 14.3. The molecule has 0 atom stereocenters. The van der Waals surface area contributed by atoms with E-state index in [1.165, 1.54) is 5.01 Å². The number of aromatic hydroxyl groups is 1. The van der Waals surface area contributed by atoms with Gasteiger partial charge in [-0.25, -0.2) is 0 Å². The molecule has 0 bridgehead atoms. The van der Waals surface area contributed by atoms with Gasteiger partial charge in [0.15, 0.2) is 0 Å². The molecule has 1 aliphatic heterocycles. The van der Waals surface area contributed by atoms with Crippen molar-refractivity contribution >= 4 is 35.0 Å². The van der Waals surface area contributed by atoms with Crippen molar-refractivity contribution in [2.75, 3.05) is 5.01 Å². The molecule has 2 aromatic rings. The Balaban J connectivity index is 2.09. The highest BCUT2D eigenvalue weighted by molar-refractivity contribution is 6.32. The summed E-state index contributed by atoms with van der Waals surface area (Å²) in [7, 11) is 0. The molecule has 0 fully saturated rings. The first-order valence-electron chi connectivity index (χ1n) is 10.0. The molecule has 4 nitrogen and oxygen atoms in total. The van der Waals surface area contributed by atoms with Crippen molar-refractivity contribution in [2.45, 2.75) is 59.3 Å². The van der Waals surface area contributed by atoms with Crippen LogP contribution < -0.4 is 5.01 Å². The first kappa shape index (κ1) is 22.1. The maximum absolute atomic E-state index is 13.1. The van der Waals surface area contributed by atoms with E-state index in [2.05, 4.69) is 46.6 Å². The number of hydrogen-bond donors (Lipinski definition) is 1. The van der Waals surface area contributed by atoms with Crippen LogP contribution in [0.5, 0.6) is 5.75 Å². The molecule has 1 aliphatic rings. The Morgan fingerprint density at radius 1 is 0.967 bits per heavy atom. The number of carbonyl (C=O) groups is 1. The van der Waals surface area contributed by atoms with Gasteiger partial charge in [-0.15, -0.1) is 0 Å². The average molecular weight is 425 g/mol. The monoisotopic (exact) mass is 424 g/mol. The molecule has 5 heteroatoms. The Hall–Kier alpha value is -2.59. The molecule has 0 spiro atoms. The molecule has 0 aromatic heterocycles. The number of carbonyl (C=O) groups excluding carboxylic acids is 1. The van der Waals surface area contributed by atoms with Gasteiger partial charge in [-0.3, -0.25) is 4.79 Å². The topological polar surface area (TPSA) is 52.9 Å². The van der Waals surface area contributed by atoms with Gasteiger partial charge in [0.05, 0.1) is 17.0 Å². The van der Waals surface area contributed by atoms with E-state index in [0.29, 0.717) is 27.7 Å². The zero-order chi connectivity index (χ0) is 22.4. The van der Waals surface area contributed by atoms with Gasteiger partial charge in [-0.05, 0) is 65.8 Å². The maximum Gasteiger partial charge on any atom is 0.280 e. The van der Waals surface area contributed by atoms with Crippen molar-refractivity contribution in [3.05, 3.63) is 63.7 Å². The van der Waals surface area contributed by atoms with Gasteiger partial charge in [0.2, 0.25) is 0 Å². The normalized spacial score (nSPS) is 16.4. The average Bonchev–Trinajstić information content (AvgIpc) is 2.90. The molecule has 1 amide bonds. The lowest BCUT2D eigenvalue weighted by Gasteiger charge is -2.28. The predicted octanol–water partition coefficient (Wildman–Crippen LogP) is 6.45. The zero-order valence-electron chi connectivity index (χ0n) is 18.7. The van der Waals surface area contributed by atoms with Crippen molar-refractivity contribution < 1.29 is 9.90 Å². The molecule has 0 unspecified atom stereocenters. The summed E-state index contributed by atoms with van der Waals surface area (Å²) in [6.07, 6.45) is 1.86. The van der Waals surface area contributed by atoms with Crippen molar-refractivity contribution in [1.29, 1.82) is 0 Å². The van der Waals surface area contributed by atoms with Crippen molar-refractivity contribution in [1.82, 2.24) is 0 Å².